The third-order valence-corrected chi connectivity index (χ3v) is 11.5. The van der Waals surface area contributed by atoms with E-state index in [9.17, 15) is 39.6 Å². The quantitative estimate of drug-likeness (QED) is 0.0312. The Balaban J connectivity index is 2.92. The number of likely N-dealkylation sites (N-methyl/N-ethyl adjacent to an activating group) is 1. The molecule has 0 saturated carbocycles. The van der Waals surface area contributed by atoms with E-state index < -0.39 is 67.2 Å². The molecule has 0 radical (unpaired) electrons. The number of amides is 3. The van der Waals surface area contributed by atoms with E-state index >= 15 is 0 Å². The van der Waals surface area contributed by atoms with Crippen molar-refractivity contribution >= 4 is 23.7 Å². The van der Waals surface area contributed by atoms with Gasteiger partial charge in [0.2, 0.25) is 17.7 Å². The fourth-order valence-corrected chi connectivity index (χ4v) is 7.72. The second-order valence-corrected chi connectivity index (χ2v) is 16.7. The molecule has 1 fully saturated rings. The van der Waals surface area contributed by atoms with E-state index in [0.29, 0.717) is 12.8 Å². The Morgan fingerprint density at radius 2 is 1.00 bits per heavy atom. The number of aliphatic carboxylic acids is 1. The normalized spacial score (nSPS) is 19.5. The monoisotopic (exact) mass is 828 g/mol. The molecule has 1 rings (SSSR count). The molecule has 0 aliphatic carbocycles. The van der Waals surface area contributed by atoms with Gasteiger partial charge in [0, 0.05) is 19.4 Å². The van der Waals surface area contributed by atoms with Gasteiger partial charge >= 0.3 is 5.97 Å². The highest BCUT2D eigenvalue weighted by Crippen LogP contribution is 2.25. The molecule has 1 unspecified atom stereocenters. The van der Waals surface area contributed by atoms with Crippen LogP contribution < -0.4 is 16.0 Å². The lowest BCUT2D eigenvalue weighted by Gasteiger charge is -2.26. The summed E-state index contributed by atoms with van der Waals surface area (Å²) in [5.74, 6) is -3.14. The average molecular weight is 828 g/mol. The first-order chi connectivity index (χ1) is 28.0. The van der Waals surface area contributed by atoms with E-state index in [4.69, 9.17) is 9.47 Å². The van der Waals surface area contributed by atoms with Crippen LogP contribution in [-0.4, -0.2) is 101 Å². The van der Waals surface area contributed by atoms with Crippen LogP contribution in [0.25, 0.3) is 0 Å². The van der Waals surface area contributed by atoms with Crippen LogP contribution in [0.15, 0.2) is 0 Å². The summed E-state index contributed by atoms with van der Waals surface area (Å²) in [6, 6.07) is -2.50. The van der Waals surface area contributed by atoms with Gasteiger partial charge in [0.05, 0.1) is 12.7 Å². The number of aliphatic hydroxyl groups is 3. The van der Waals surface area contributed by atoms with Crippen LogP contribution in [0.3, 0.4) is 0 Å². The summed E-state index contributed by atoms with van der Waals surface area (Å²) in [7, 11) is 1.38. The molecule has 13 heteroatoms. The first-order valence-electron chi connectivity index (χ1n) is 23.3. The third-order valence-electron chi connectivity index (χ3n) is 11.5. The van der Waals surface area contributed by atoms with Gasteiger partial charge in [0.1, 0.15) is 30.4 Å². The standard InChI is InChI=1S/C45H85N3O10/c1-5-7-9-11-13-15-17-19-21-23-25-27-29-35(30-28-26-24-22-20-18-16-14-12-10-8-6-2)42(54)48-37(33-57-45-40(53)39(52)41(58-45)34(3)49)44(56)47-36(43(55)46-4)31-32-38(50)51/h34-37,39-41,45,49,52-53H,5-33H2,1-4H3,(H,46,55)(H,47,56)(H,48,54)(H,50,51)/t34?,36-,37+,39-,40-,41+,45+/m0/s1. The van der Waals surface area contributed by atoms with Gasteiger partial charge in [-0.25, -0.2) is 0 Å². The Morgan fingerprint density at radius 3 is 1.38 bits per heavy atom. The molecule has 340 valence electrons. The van der Waals surface area contributed by atoms with Gasteiger partial charge in [-0.1, -0.05) is 168 Å². The van der Waals surface area contributed by atoms with E-state index in [-0.39, 0.29) is 24.7 Å². The fraction of sp³-hybridized carbons (Fsp3) is 0.911. The summed E-state index contributed by atoms with van der Waals surface area (Å²) in [6.07, 6.45) is 23.3. The molecular weight excluding hydrogens is 743 g/mol. The number of aliphatic hydroxyl groups excluding tert-OH is 3. The first-order valence-corrected chi connectivity index (χ1v) is 23.3. The van der Waals surface area contributed by atoms with Crippen molar-refractivity contribution in [1.82, 2.24) is 16.0 Å². The maximum absolute atomic E-state index is 14.0. The highest BCUT2D eigenvalue weighted by Gasteiger charge is 2.46. The summed E-state index contributed by atoms with van der Waals surface area (Å²) < 4.78 is 11.3. The molecule has 0 spiro atoms. The number of carbonyl (C=O) groups excluding carboxylic acids is 3. The van der Waals surface area contributed by atoms with Gasteiger partial charge in [0.25, 0.3) is 0 Å². The largest absolute Gasteiger partial charge is 0.481 e. The molecule has 0 bridgehead atoms. The van der Waals surface area contributed by atoms with Crippen molar-refractivity contribution in [2.75, 3.05) is 13.7 Å². The van der Waals surface area contributed by atoms with Crippen molar-refractivity contribution in [1.29, 1.82) is 0 Å². The number of carbonyl (C=O) groups is 4. The SMILES string of the molecule is CCCCCCCCCCCCCCC(CCCCCCCCCCCCCC)C(=O)N[C@H](CO[C@@H]1O[C@H](C(C)O)[C@@H](O)[C@@H]1O)C(=O)N[C@@H](CCC(=O)O)C(=O)NC. The Labute approximate surface area is 350 Å². The zero-order chi connectivity index (χ0) is 43.0. The van der Waals surface area contributed by atoms with Crippen LogP contribution in [0, 0.1) is 5.92 Å². The van der Waals surface area contributed by atoms with Gasteiger partial charge in [-0.3, -0.25) is 19.2 Å². The molecule has 0 aromatic heterocycles. The lowest BCUT2D eigenvalue weighted by molar-refractivity contribution is -0.181. The van der Waals surface area contributed by atoms with Crippen molar-refractivity contribution < 1.29 is 49.1 Å². The van der Waals surface area contributed by atoms with E-state index in [2.05, 4.69) is 29.8 Å². The molecular formula is C45H85N3O10. The topological polar surface area (TPSA) is 204 Å². The summed E-state index contributed by atoms with van der Waals surface area (Å²) in [5, 5.41) is 48.0. The highest BCUT2D eigenvalue weighted by atomic mass is 16.7. The van der Waals surface area contributed by atoms with Crippen LogP contribution in [-0.2, 0) is 28.7 Å². The first kappa shape index (κ1) is 53.7. The number of carboxylic acids is 1. The molecule has 7 N–H and O–H groups in total. The van der Waals surface area contributed by atoms with Crippen molar-refractivity contribution in [3.8, 4) is 0 Å². The van der Waals surface area contributed by atoms with Crippen LogP contribution >= 0.6 is 0 Å². The Hall–Kier alpha value is -2.32. The minimum Gasteiger partial charge on any atom is -0.481 e. The van der Waals surface area contributed by atoms with Gasteiger partial charge < -0.3 is 45.9 Å². The fourth-order valence-electron chi connectivity index (χ4n) is 7.72. The summed E-state index contributed by atoms with van der Waals surface area (Å²) >= 11 is 0. The van der Waals surface area contributed by atoms with Crippen molar-refractivity contribution in [2.24, 2.45) is 5.92 Å². The zero-order valence-electron chi connectivity index (χ0n) is 36.9. The smallest absolute Gasteiger partial charge is 0.303 e. The van der Waals surface area contributed by atoms with Crippen molar-refractivity contribution in [3.63, 3.8) is 0 Å². The van der Waals surface area contributed by atoms with Crippen LogP contribution in [0.1, 0.15) is 201 Å². The van der Waals surface area contributed by atoms with E-state index in [1.165, 1.54) is 130 Å². The predicted octanol–water partition coefficient (Wildman–Crippen LogP) is 7.21. The van der Waals surface area contributed by atoms with Crippen LogP contribution in [0.5, 0.6) is 0 Å². The lowest BCUT2D eigenvalue weighted by Crippen LogP contribution is -2.56. The van der Waals surface area contributed by atoms with Gasteiger partial charge in [-0.15, -0.1) is 0 Å². The number of nitrogens with one attached hydrogen (secondary N) is 3. The molecule has 0 aromatic rings. The minimum absolute atomic E-state index is 0.171. The number of ether oxygens (including phenoxy) is 2. The number of hydrogen-bond donors (Lipinski definition) is 7. The van der Waals surface area contributed by atoms with Crippen LogP contribution in [0.4, 0.5) is 0 Å². The molecule has 58 heavy (non-hydrogen) atoms. The third kappa shape index (κ3) is 24.7. The maximum Gasteiger partial charge on any atom is 0.303 e. The Morgan fingerprint density at radius 1 is 0.586 bits per heavy atom. The summed E-state index contributed by atoms with van der Waals surface area (Å²) in [4.78, 5) is 51.6. The molecule has 1 heterocycles. The number of hydrogen-bond acceptors (Lipinski definition) is 9. The summed E-state index contributed by atoms with van der Waals surface area (Å²) in [5.41, 5.74) is 0. The van der Waals surface area contributed by atoms with E-state index in [0.717, 1.165) is 38.5 Å². The maximum atomic E-state index is 14.0. The molecule has 3 amide bonds. The number of rotatable bonds is 38. The molecule has 1 saturated heterocycles. The second-order valence-electron chi connectivity index (χ2n) is 16.7. The lowest BCUT2D eigenvalue weighted by atomic mass is 9.93. The minimum atomic E-state index is -1.52. The van der Waals surface area contributed by atoms with Crippen molar-refractivity contribution in [3.05, 3.63) is 0 Å². The van der Waals surface area contributed by atoms with Crippen molar-refractivity contribution in [2.45, 2.75) is 243 Å². The number of unbranched alkanes of at least 4 members (excludes halogenated alkanes) is 22. The summed E-state index contributed by atoms with van der Waals surface area (Å²) in [6.45, 7) is 5.41. The predicted molar refractivity (Wildman–Crippen MR) is 228 cm³/mol. The Kier molecular flexibility index (Phi) is 31.8. The zero-order valence-corrected chi connectivity index (χ0v) is 36.9. The number of carboxylic acid groups (broad SMARTS) is 1. The average Bonchev–Trinajstić information content (AvgIpc) is 3.49. The Bertz CT molecular complexity index is 1050. The second kappa shape index (κ2) is 34.4. The molecule has 0 aromatic carbocycles. The van der Waals surface area contributed by atoms with Gasteiger partial charge in [-0.2, -0.15) is 0 Å². The van der Waals surface area contributed by atoms with Gasteiger partial charge in [-0.05, 0) is 26.2 Å². The molecule has 13 nitrogen and oxygen atoms in total. The molecule has 1 aliphatic heterocycles. The molecule has 7 atom stereocenters. The van der Waals surface area contributed by atoms with E-state index in [1.807, 2.05) is 0 Å². The molecule has 1 aliphatic rings. The van der Waals surface area contributed by atoms with Gasteiger partial charge in [0.15, 0.2) is 6.29 Å². The van der Waals surface area contributed by atoms with E-state index in [1.54, 1.807) is 0 Å². The highest BCUT2D eigenvalue weighted by molar-refractivity contribution is 5.92. The van der Waals surface area contributed by atoms with Crippen LogP contribution in [0.2, 0.25) is 0 Å².